The molecule has 2 atom stereocenters. The Hall–Kier alpha value is -2.29. The first-order valence-electron chi connectivity index (χ1n) is 12.5. The van der Waals surface area contributed by atoms with E-state index in [0.29, 0.717) is 11.4 Å². The molecule has 1 N–H and O–H groups in total. The van der Waals surface area contributed by atoms with Crippen LogP contribution in [0, 0.1) is 6.92 Å². The minimum Gasteiger partial charge on any atom is -0.352 e. The van der Waals surface area contributed by atoms with Crippen molar-refractivity contribution in [1.29, 1.82) is 0 Å². The minimum atomic E-state index is -3.68. The Morgan fingerprint density at radius 1 is 1.05 bits per heavy atom. The Morgan fingerprint density at radius 3 is 2.35 bits per heavy atom. The summed E-state index contributed by atoms with van der Waals surface area (Å²) in [7, 11) is -3.68. The van der Waals surface area contributed by atoms with Gasteiger partial charge >= 0.3 is 0 Å². The number of carbonyl (C=O) groups is 2. The SMILES string of the molecule is CC[C@@H](C)NC(=O)[C@@H](CC)N(Cc1cccc(C)c1)C(=O)CCCN(c1cc(Cl)ccc1Cl)S(C)(=O)=O. The van der Waals surface area contributed by atoms with E-state index in [0.717, 1.165) is 28.1 Å². The standard InChI is InChI=1S/C27H37Cl2N3O4S/c1-6-20(4)30-27(34)24(7-2)31(18-21-11-8-10-19(3)16-21)26(33)12-9-15-32(37(5,35)36)25-17-22(28)13-14-23(25)29/h8,10-11,13-14,16-17,20,24H,6-7,9,12,15,18H2,1-5H3,(H,30,34)/t20-,24-/m1/s1. The average molecular weight is 571 g/mol. The summed E-state index contributed by atoms with van der Waals surface area (Å²) in [5.74, 6) is -0.417. The number of rotatable bonds is 13. The smallest absolute Gasteiger partial charge is 0.243 e. The van der Waals surface area contributed by atoms with E-state index in [1.54, 1.807) is 11.0 Å². The van der Waals surface area contributed by atoms with E-state index in [2.05, 4.69) is 5.32 Å². The van der Waals surface area contributed by atoms with Gasteiger partial charge in [-0.1, -0.05) is 66.9 Å². The molecule has 2 aromatic carbocycles. The molecule has 2 rings (SSSR count). The van der Waals surface area contributed by atoms with E-state index < -0.39 is 16.1 Å². The van der Waals surface area contributed by atoms with E-state index in [1.165, 1.54) is 12.1 Å². The lowest BCUT2D eigenvalue weighted by Gasteiger charge is -2.32. The van der Waals surface area contributed by atoms with Crippen LogP contribution in [-0.4, -0.2) is 50.0 Å². The largest absolute Gasteiger partial charge is 0.352 e. The molecule has 7 nitrogen and oxygen atoms in total. The topological polar surface area (TPSA) is 86.8 Å². The first-order valence-corrected chi connectivity index (χ1v) is 15.1. The Bertz CT molecular complexity index is 1190. The number of sulfonamides is 1. The van der Waals surface area contributed by atoms with Crippen LogP contribution in [0.1, 0.15) is 57.6 Å². The fraction of sp³-hybridized carbons (Fsp3) is 0.481. The summed E-state index contributed by atoms with van der Waals surface area (Å²) in [6, 6.07) is 11.8. The van der Waals surface area contributed by atoms with Gasteiger partial charge in [0.1, 0.15) is 6.04 Å². The number of hydrogen-bond donors (Lipinski definition) is 1. The highest BCUT2D eigenvalue weighted by molar-refractivity contribution is 7.92. The second-order valence-electron chi connectivity index (χ2n) is 9.29. The number of carbonyl (C=O) groups excluding carboxylic acids is 2. The summed E-state index contributed by atoms with van der Waals surface area (Å²) in [5, 5.41) is 3.59. The van der Waals surface area contributed by atoms with Crippen molar-refractivity contribution in [2.24, 2.45) is 0 Å². The molecule has 37 heavy (non-hydrogen) atoms. The summed E-state index contributed by atoms with van der Waals surface area (Å²) < 4.78 is 26.2. The lowest BCUT2D eigenvalue weighted by molar-refractivity contribution is -0.141. The molecular weight excluding hydrogens is 533 g/mol. The third-order valence-corrected chi connectivity index (χ3v) is 7.89. The van der Waals surface area contributed by atoms with Crippen LogP contribution in [-0.2, 0) is 26.2 Å². The molecule has 2 aromatic rings. The van der Waals surface area contributed by atoms with E-state index in [4.69, 9.17) is 23.2 Å². The minimum absolute atomic E-state index is 0.0109. The maximum absolute atomic E-state index is 13.5. The van der Waals surface area contributed by atoms with Crippen molar-refractivity contribution in [1.82, 2.24) is 10.2 Å². The summed E-state index contributed by atoms with van der Waals surface area (Å²) >= 11 is 12.3. The van der Waals surface area contributed by atoms with Crippen molar-refractivity contribution < 1.29 is 18.0 Å². The maximum Gasteiger partial charge on any atom is 0.243 e. The van der Waals surface area contributed by atoms with Gasteiger partial charge in [-0.15, -0.1) is 0 Å². The van der Waals surface area contributed by atoms with Gasteiger partial charge in [-0.3, -0.25) is 13.9 Å². The number of nitrogens with one attached hydrogen (secondary N) is 1. The zero-order chi connectivity index (χ0) is 27.8. The Kier molecular flexibility index (Phi) is 11.7. The van der Waals surface area contributed by atoms with Crippen LogP contribution in [0.4, 0.5) is 5.69 Å². The average Bonchev–Trinajstić information content (AvgIpc) is 2.82. The number of anilines is 1. The van der Waals surface area contributed by atoms with E-state index in [1.807, 2.05) is 52.0 Å². The molecule has 0 aromatic heterocycles. The summed E-state index contributed by atoms with van der Waals surface area (Å²) in [6.45, 7) is 8.09. The molecule has 0 saturated carbocycles. The van der Waals surface area contributed by atoms with Gasteiger partial charge in [-0.25, -0.2) is 8.42 Å². The molecule has 0 fully saturated rings. The molecule has 0 aliphatic heterocycles. The van der Waals surface area contributed by atoms with Gasteiger partial charge in [-0.05, 0) is 56.9 Å². The molecule has 2 amide bonds. The molecule has 0 aliphatic carbocycles. The highest BCUT2D eigenvalue weighted by atomic mass is 35.5. The molecular formula is C27H37Cl2N3O4S. The highest BCUT2D eigenvalue weighted by Gasteiger charge is 2.29. The van der Waals surface area contributed by atoms with Gasteiger partial charge in [0, 0.05) is 30.6 Å². The van der Waals surface area contributed by atoms with Crippen LogP contribution in [0.15, 0.2) is 42.5 Å². The maximum atomic E-state index is 13.5. The van der Waals surface area contributed by atoms with Crippen LogP contribution in [0.5, 0.6) is 0 Å². The monoisotopic (exact) mass is 569 g/mol. The van der Waals surface area contributed by atoms with Crippen LogP contribution < -0.4 is 9.62 Å². The highest BCUT2D eigenvalue weighted by Crippen LogP contribution is 2.31. The van der Waals surface area contributed by atoms with E-state index in [-0.39, 0.29) is 54.5 Å². The van der Waals surface area contributed by atoms with Crippen LogP contribution in [0.25, 0.3) is 0 Å². The molecule has 0 bridgehead atoms. The molecule has 0 radical (unpaired) electrons. The number of halogens is 2. The number of aryl methyl sites for hydroxylation is 1. The second-order valence-corrected chi connectivity index (χ2v) is 12.0. The molecule has 10 heteroatoms. The number of nitrogens with zero attached hydrogens (tertiary/aromatic N) is 2. The van der Waals surface area contributed by atoms with Crippen LogP contribution in [0.3, 0.4) is 0 Å². The predicted molar refractivity (Wildman–Crippen MR) is 152 cm³/mol. The Labute approximate surface area is 231 Å². The van der Waals surface area contributed by atoms with Crippen molar-refractivity contribution in [3.05, 3.63) is 63.6 Å². The predicted octanol–water partition coefficient (Wildman–Crippen LogP) is 5.57. The van der Waals surface area contributed by atoms with Crippen LogP contribution in [0.2, 0.25) is 10.0 Å². The van der Waals surface area contributed by atoms with E-state index >= 15 is 0 Å². The first kappa shape index (κ1) is 30.9. The summed E-state index contributed by atoms with van der Waals surface area (Å²) in [4.78, 5) is 28.2. The van der Waals surface area contributed by atoms with Gasteiger partial charge in [0.2, 0.25) is 21.8 Å². The zero-order valence-corrected chi connectivity index (χ0v) is 24.5. The van der Waals surface area contributed by atoms with Crippen molar-refractivity contribution in [3.63, 3.8) is 0 Å². The Balaban J connectivity index is 2.26. The fourth-order valence-corrected chi connectivity index (χ4v) is 5.43. The third-order valence-electron chi connectivity index (χ3n) is 6.15. The molecule has 0 saturated heterocycles. The molecule has 0 heterocycles. The normalized spacial score (nSPS) is 13.1. The zero-order valence-electron chi connectivity index (χ0n) is 22.1. The lowest BCUT2D eigenvalue weighted by atomic mass is 10.1. The number of hydrogen-bond acceptors (Lipinski definition) is 4. The quantitative estimate of drug-likeness (QED) is 0.341. The summed E-state index contributed by atoms with van der Waals surface area (Å²) in [5.41, 5.74) is 2.25. The first-order chi connectivity index (χ1) is 17.4. The van der Waals surface area contributed by atoms with Gasteiger partial charge in [0.05, 0.1) is 17.0 Å². The van der Waals surface area contributed by atoms with Gasteiger partial charge in [0.15, 0.2) is 0 Å². The summed E-state index contributed by atoms with van der Waals surface area (Å²) in [6.07, 6.45) is 2.61. The number of benzene rings is 2. The Morgan fingerprint density at radius 2 is 1.76 bits per heavy atom. The molecule has 0 aliphatic rings. The van der Waals surface area contributed by atoms with Crippen molar-refractivity contribution in [3.8, 4) is 0 Å². The third kappa shape index (κ3) is 9.20. The van der Waals surface area contributed by atoms with Gasteiger partial charge in [0.25, 0.3) is 0 Å². The van der Waals surface area contributed by atoms with E-state index in [9.17, 15) is 18.0 Å². The molecule has 0 spiro atoms. The number of amides is 2. The fourth-order valence-electron chi connectivity index (χ4n) is 4.03. The molecule has 204 valence electrons. The van der Waals surface area contributed by atoms with Crippen LogP contribution >= 0.6 is 23.2 Å². The van der Waals surface area contributed by atoms with Crippen molar-refractivity contribution >= 4 is 50.7 Å². The molecule has 0 unspecified atom stereocenters. The van der Waals surface area contributed by atoms with Gasteiger partial charge in [-0.2, -0.15) is 0 Å². The van der Waals surface area contributed by atoms with Crippen molar-refractivity contribution in [2.45, 2.75) is 72.0 Å². The second kappa shape index (κ2) is 14.0. The lowest BCUT2D eigenvalue weighted by Crippen LogP contribution is -2.50. The van der Waals surface area contributed by atoms with Gasteiger partial charge < -0.3 is 10.2 Å². The van der Waals surface area contributed by atoms with Crippen molar-refractivity contribution in [2.75, 3.05) is 17.1 Å².